The summed E-state index contributed by atoms with van der Waals surface area (Å²) in [5.41, 5.74) is 9.46. The van der Waals surface area contributed by atoms with Gasteiger partial charge in [-0.05, 0) is 42.0 Å². The Morgan fingerprint density at radius 3 is 2.26 bits per heavy atom. The number of nitrogens with zero attached hydrogens (tertiary/aromatic N) is 1. The molecule has 0 spiro atoms. The molecule has 2 atom stereocenters. The van der Waals surface area contributed by atoms with Gasteiger partial charge in [0.2, 0.25) is 0 Å². The zero-order chi connectivity index (χ0) is 13.3. The van der Waals surface area contributed by atoms with Gasteiger partial charge in [0.25, 0.3) is 0 Å². The van der Waals surface area contributed by atoms with Crippen LogP contribution in [0.1, 0.15) is 36.8 Å². The molecule has 2 nitrogen and oxygen atoms in total. The van der Waals surface area contributed by atoms with E-state index in [9.17, 15) is 0 Å². The summed E-state index contributed by atoms with van der Waals surface area (Å²) in [6.45, 7) is 2.23. The topological polar surface area (TPSA) is 38.9 Å². The van der Waals surface area contributed by atoms with Crippen LogP contribution in [0, 0.1) is 0 Å². The van der Waals surface area contributed by atoms with E-state index < -0.39 is 0 Å². The van der Waals surface area contributed by atoms with Gasteiger partial charge in [-0.3, -0.25) is 4.98 Å². The lowest BCUT2D eigenvalue weighted by Gasteiger charge is -2.29. The first-order valence-corrected chi connectivity index (χ1v) is 6.95. The van der Waals surface area contributed by atoms with E-state index in [1.54, 1.807) is 0 Å². The van der Waals surface area contributed by atoms with E-state index >= 15 is 0 Å². The number of aromatic nitrogens is 1. The molecule has 1 heterocycles. The van der Waals surface area contributed by atoms with Crippen LogP contribution in [0.15, 0.2) is 54.9 Å². The van der Waals surface area contributed by atoms with E-state index in [-0.39, 0.29) is 11.5 Å². The van der Waals surface area contributed by atoms with E-state index in [1.165, 1.54) is 24.0 Å². The van der Waals surface area contributed by atoms with Gasteiger partial charge in [-0.2, -0.15) is 0 Å². The average molecular weight is 252 g/mol. The molecule has 1 aromatic carbocycles. The number of rotatable bonds is 4. The van der Waals surface area contributed by atoms with Crippen molar-refractivity contribution in [2.75, 3.05) is 0 Å². The molecule has 0 radical (unpaired) electrons. The van der Waals surface area contributed by atoms with Crippen LogP contribution in [-0.2, 0) is 5.41 Å². The van der Waals surface area contributed by atoms with Gasteiger partial charge in [0.15, 0.2) is 0 Å². The summed E-state index contributed by atoms with van der Waals surface area (Å²) < 4.78 is 0. The highest BCUT2D eigenvalue weighted by molar-refractivity contribution is 5.36. The standard InChI is InChI=1S/C17H20N2/c1-13(14-7-11-19-12-8-14)16(18)17(9-10-17)15-5-3-2-4-6-15/h2-8,11-13,16H,9-10,18H2,1H3. The SMILES string of the molecule is CC(c1ccncc1)C(N)C1(c2ccccc2)CC1. The molecule has 98 valence electrons. The first-order chi connectivity index (χ1) is 9.24. The number of pyridine rings is 1. The van der Waals surface area contributed by atoms with Crippen molar-refractivity contribution in [2.24, 2.45) is 5.73 Å². The molecule has 0 amide bonds. The molecule has 19 heavy (non-hydrogen) atoms. The average Bonchev–Trinajstić information content (AvgIpc) is 3.29. The lowest BCUT2D eigenvalue weighted by molar-refractivity contribution is 0.452. The molecule has 2 N–H and O–H groups in total. The van der Waals surface area contributed by atoms with Crippen molar-refractivity contribution in [3.63, 3.8) is 0 Å². The maximum Gasteiger partial charge on any atom is 0.0270 e. The molecule has 1 fully saturated rings. The van der Waals surface area contributed by atoms with Crippen molar-refractivity contribution in [3.05, 3.63) is 66.0 Å². The maximum atomic E-state index is 6.60. The summed E-state index contributed by atoms with van der Waals surface area (Å²) >= 11 is 0. The van der Waals surface area contributed by atoms with Gasteiger partial charge in [-0.15, -0.1) is 0 Å². The van der Waals surface area contributed by atoms with E-state index in [0.717, 1.165) is 0 Å². The van der Waals surface area contributed by atoms with Crippen molar-refractivity contribution in [1.82, 2.24) is 4.98 Å². The Kier molecular flexibility index (Phi) is 3.11. The summed E-state index contributed by atoms with van der Waals surface area (Å²) in [4.78, 5) is 4.08. The minimum atomic E-state index is 0.164. The van der Waals surface area contributed by atoms with Crippen LogP contribution in [0.2, 0.25) is 0 Å². The molecule has 0 saturated heterocycles. The Bertz CT molecular complexity index is 532. The van der Waals surface area contributed by atoms with Gasteiger partial charge in [0.1, 0.15) is 0 Å². The minimum Gasteiger partial charge on any atom is -0.326 e. The van der Waals surface area contributed by atoms with Gasteiger partial charge in [0, 0.05) is 23.9 Å². The summed E-state index contributed by atoms with van der Waals surface area (Å²) in [5.74, 6) is 0.353. The number of benzene rings is 1. The van der Waals surface area contributed by atoms with Crippen LogP contribution >= 0.6 is 0 Å². The van der Waals surface area contributed by atoms with Crippen molar-refractivity contribution < 1.29 is 0 Å². The summed E-state index contributed by atoms with van der Waals surface area (Å²) in [6.07, 6.45) is 6.10. The van der Waals surface area contributed by atoms with Crippen LogP contribution in [0.5, 0.6) is 0 Å². The second-order valence-electron chi connectivity index (χ2n) is 5.62. The van der Waals surface area contributed by atoms with Crippen molar-refractivity contribution in [3.8, 4) is 0 Å². The quantitative estimate of drug-likeness (QED) is 0.907. The fraction of sp³-hybridized carbons (Fsp3) is 0.353. The lowest BCUT2D eigenvalue weighted by Crippen LogP contribution is -2.39. The molecule has 1 saturated carbocycles. The molecule has 1 aliphatic carbocycles. The van der Waals surface area contributed by atoms with Crippen LogP contribution in [0.4, 0.5) is 0 Å². The molecule has 0 bridgehead atoms. The highest BCUT2D eigenvalue weighted by Crippen LogP contribution is 2.53. The van der Waals surface area contributed by atoms with Crippen molar-refractivity contribution in [1.29, 1.82) is 0 Å². The third-order valence-electron chi connectivity index (χ3n) is 4.55. The molecular weight excluding hydrogens is 232 g/mol. The molecule has 1 aliphatic rings. The Morgan fingerprint density at radius 1 is 1.05 bits per heavy atom. The maximum absolute atomic E-state index is 6.60. The molecular formula is C17H20N2. The van der Waals surface area contributed by atoms with Gasteiger partial charge < -0.3 is 5.73 Å². The number of hydrogen-bond acceptors (Lipinski definition) is 2. The third kappa shape index (κ3) is 2.17. The highest BCUT2D eigenvalue weighted by Gasteiger charge is 2.50. The van der Waals surface area contributed by atoms with E-state index in [1.807, 2.05) is 12.4 Å². The lowest BCUT2D eigenvalue weighted by atomic mass is 9.79. The predicted molar refractivity (Wildman–Crippen MR) is 78.0 cm³/mol. The Hall–Kier alpha value is -1.67. The van der Waals surface area contributed by atoms with E-state index in [0.29, 0.717) is 5.92 Å². The Balaban J connectivity index is 1.86. The Morgan fingerprint density at radius 2 is 1.68 bits per heavy atom. The fourth-order valence-electron chi connectivity index (χ4n) is 3.07. The zero-order valence-electron chi connectivity index (χ0n) is 11.3. The first-order valence-electron chi connectivity index (χ1n) is 6.95. The van der Waals surface area contributed by atoms with Crippen LogP contribution < -0.4 is 5.73 Å². The van der Waals surface area contributed by atoms with Crippen LogP contribution in [0.3, 0.4) is 0 Å². The molecule has 0 aliphatic heterocycles. The van der Waals surface area contributed by atoms with Crippen LogP contribution in [0.25, 0.3) is 0 Å². The largest absolute Gasteiger partial charge is 0.326 e. The second kappa shape index (κ2) is 4.78. The number of nitrogens with two attached hydrogens (primary N) is 1. The second-order valence-corrected chi connectivity index (χ2v) is 5.62. The zero-order valence-corrected chi connectivity index (χ0v) is 11.3. The van der Waals surface area contributed by atoms with Gasteiger partial charge in [-0.25, -0.2) is 0 Å². The van der Waals surface area contributed by atoms with Crippen molar-refractivity contribution >= 4 is 0 Å². The molecule has 2 unspecified atom stereocenters. The summed E-state index contributed by atoms with van der Waals surface area (Å²) in [7, 11) is 0. The summed E-state index contributed by atoms with van der Waals surface area (Å²) in [5, 5.41) is 0. The number of hydrogen-bond donors (Lipinski definition) is 1. The minimum absolute atomic E-state index is 0.164. The monoisotopic (exact) mass is 252 g/mol. The Labute approximate surface area is 114 Å². The van der Waals surface area contributed by atoms with Gasteiger partial charge in [-0.1, -0.05) is 37.3 Å². The van der Waals surface area contributed by atoms with Gasteiger partial charge >= 0.3 is 0 Å². The van der Waals surface area contributed by atoms with Crippen LogP contribution in [-0.4, -0.2) is 11.0 Å². The predicted octanol–water partition coefficient (Wildman–Crippen LogP) is 3.24. The fourth-order valence-corrected chi connectivity index (χ4v) is 3.07. The molecule has 2 aromatic rings. The molecule has 1 aromatic heterocycles. The van der Waals surface area contributed by atoms with E-state index in [4.69, 9.17) is 5.73 Å². The molecule has 3 rings (SSSR count). The third-order valence-corrected chi connectivity index (χ3v) is 4.55. The first kappa shape index (κ1) is 12.4. The normalized spacial score (nSPS) is 19.7. The summed E-state index contributed by atoms with van der Waals surface area (Å²) in [6, 6.07) is 15.0. The highest BCUT2D eigenvalue weighted by atomic mass is 14.8. The van der Waals surface area contributed by atoms with Gasteiger partial charge in [0.05, 0.1) is 0 Å². The van der Waals surface area contributed by atoms with Crippen molar-refractivity contribution in [2.45, 2.75) is 37.1 Å². The molecule has 2 heteroatoms. The smallest absolute Gasteiger partial charge is 0.0270 e. The van der Waals surface area contributed by atoms with E-state index in [2.05, 4.69) is 54.4 Å².